The van der Waals surface area contributed by atoms with E-state index < -0.39 is 11.9 Å². The van der Waals surface area contributed by atoms with E-state index in [2.05, 4.69) is 15.4 Å². The summed E-state index contributed by atoms with van der Waals surface area (Å²) in [6, 6.07) is 12.1. The third-order valence-corrected chi connectivity index (χ3v) is 6.08. The second kappa shape index (κ2) is 8.91. The molecule has 0 bridgehead atoms. The molecule has 162 valence electrons. The molecule has 0 fully saturated rings. The van der Waals surface area contributed by atoms with Gasteiger partial charge in [-0.1, -0.05) is 46.9 Å². The van der Waals surface area contributed by atoms with Crippen molar-refractivity contribution in [2.45, 2.75) is 6.92 Å². The van der Waals surface area contributed by atoms with Crippen LogP contribution in [0.2, 0.25) is 15.1 Å². The predicted octanol–water partition coefficient (Wildman–Crippen LogP) is 6.21. The number of nitrogens with zero attached hydrogens (tertiary/aromatic N) is 3. The Hall–Kier alpha value is -2.91. The van der Waals surface area contributed by atoms with Crippen LogP contribution in [0.1, 0.15) is 26.5 Å². The van der Waals surface area contributed by atoms with Crippen LogP contribution < -0.4 is 5.32 Å². The van der Waals surface area contributed by atoms with E-state index in [4.69, 9.17) is 39.9 Å². The first-order valence-electron chi connectivity index (χ1n) is 9.05. The van der Waals surface area contributed by atoms with Crippen LogP contribution >= 0.6 is 46.1 Å². The molecule has 0 radical (unpaired) electrons. The first kappa shape index (κ1) is 22.3. The zero-order valence-electron chi connectivity index (χ0n) is 16.3. The molecule has 4 rings (SSSR count). The number of anilines is 1. The van der Waals surface area contributed by atoms with Gasteiger partial charge in [0.2, 0.25) is 0 Å². The molecule has 0 aliphatic carbocycles. The number of hydrogen-bond donors (Lipinski definition) is 2. The summed E-state index contributed by atoms with van der Waals surface area (Å²) in [4.78, 5) is 27.9. The number of carbonyl (C=O) groups excluding carboxylic acids is 1. The third-order valence-electron chi connectivity index (χ3n) is 4.54. The molecule has 1 amide bonds. The zero-order chi connectivity index (χ0) is 23.0. The van der Waals surface area contributed by atoms with Crippen molar-refractivity contribution in [1.29, 1.82) is 0 Å². The van der Waals surface area contributed by atoms with Crippen LogP contribution in [0.25, 0.3) is 16.9 Å². The Bertz CT molecular complexity index is 1350. The molecule has 0 saturated carbocycles. The summed E-state index contributed by atoms with van der Waals surface area (Å²) in [5.41, 5.74) is 2.51. The number of rotatable bonds is 5. The van der Waals surface area contributed by atoms with Gasteiger partial charge >= 0.3 is 5.97 Å². The van der Waals surface area contributed by atoms with E-state index >= 15 is 0 Å². The van der Waals surface area contributed by atoms with Crippen molar-refractivity contribution in [2.24, 2.45) is 0 Å². The summed E-state index contributed by atoms with van der Waals surface area (Å²) in [5, 5.41) is 19.0. The Morgan fingerprint density at radius 2 is 1.75 bits per heavy atom. The summed E-state index contributed by atoms with van der Waals surface area (Å²) < 4.78 is 1.57. The highest BCUT2D eigenvalue weighted by molar-refractivity contribution is 7.14. The minimum absolute atomic E-state index is 0.132. The lowest BCUT2D eigenvalue weighted by atomic mass is 10.1. The van der Waals surface area contributed by atoms with Crippen LogP contribution in [0.15, 0.2) is 47.8 Å². The molecule has 2 heterocycles. The number of amides is 1. The van der Waals surface area contributed by atoms with Crippen molar-refractivity contribution in [2.75, 3.05) is 5.32 Å². The van der Waals surface area contributed by atoms with Crippen LogP contribution in [0.4, 0.5) is 5.13 Å². The van der Waals surface area contributed by atoms with Crippen molar-refractivity contribution < 1.29 is 14.7 Å². The number of carbonyl (C=O) groups is 2. The average molecular weight is 508 g/mol. The van der Waals surface area contributed by atoms with Crippen LogP contribution in [-0.2, 0) is 0 Å². The van der Waals surface area contributed by atoms with E-state index in [0.29, 0.717) is 32.0 Å². The Kier molecular flexibility index (Phi) is 6.21. The first-order chi connectivity index (χ1) is 15.2. The third kappa shape index (κ3) is 4.35. The standard InChI is InChI=1S/C21H13Cl3N4O3S/c1-10-17(19(29)26-21-25-15(9-32-21)20(30)31)27-28(16-7-6-13(23)8-14(16)24)18(10)11-2-4-12(22)5-3-11/h2-9H,1H3,(H,30,31)(H,25,26,29). The van der Waals surface area contributed by atoms with Gasteiger partial charge in [-0.2, -0.15) is 5.10 Å². The molecule has 0 spiro atoms. The summed E-state index contributed by atoms with van der Waals surface area (Å²) in [6.45, 7) is 1.76. The molecular formula is C21H13Cl3N4O3S. The molecule has 2 N–H and O–H groups in total. The van der Waals surface area contributed by atoms with Crippen molar-refractivity contribution in [3.05, 3.63) is 79.9 Å². The van der Waals surface area contributed by atoms with Gasteiger partial charge in [0.1, 0.15) is 0 Å². The van der Waals surface area contributed by atoms with Crippen molar-refractivity contribution in [3.63, 3.8) is 0 Å². The maximum Gasteiger partial charge on any atom is 0.355 e. The smallest absolute Gasteiger partial charge is 0.355 e. The normalized spacial score (nSPS) is 10.9. The van der Waals surface area contributed by atoms with E-state index in [0.717, 1.165) is 16.9 Å². The molecule has 0 unspecified atom stereocenters. The molecular weight excluding hydrogens is 495 g/mol. The van der Waals surface area contributed by atoms with E-state index in [1.165, 1.54) is 5.38 Å². The molecule has 0 aliphatic heterocycles. The fourth-order valence-corrected chi connectivity index (χ4v) is 4.37. The lowest BCUT2D eigenvalue weighted by Gasteiger charge is -2.11. The van der Waals surface area contributed by atoms with Gasteiger partial charge in [-0.3, -0.25) is 10.1 Å². The van der Waals surface area contributed by atoms with Gasteiger partial charge in [0, 0.05) is 26.6 Å². The van der Waals surface area contributed by atoms with E-state index in [1.807, 2.05) is 12.1 Å². The maximum absolute atomic E-state index is 13.0. The van der Waals surface area contributed by atoms with Crippen molar-refractivity contribution in [3.8, 4) is 16.9 Å². The van der Waals surface area contributed by atoms with Gasteiger partial charge in [0.25, 0.3) is 5.91 Å². The molecule has 0 aliphatic rings. The number of carboxylic acids is 1. The van der Waals surface area contributed by atoms with E-state index in [-0.39, 0.29) is 16.5 Å². The minimum atomic E-state index is -1.18. The second-order valence-corrected chi connectivity index (χ2v) is 8.77. The SMILES string of the molecule is Cc1c(C(=O)Nc2nc(C(=O)O)cs2)nn(-c2ccc(Cl)cc2Cl)c1-c1ccc(Cl)cc1. The first-order valence-corrected chi connectivity index (χ1v) is 11.1. The quantitative estimate of drug-likeness (QED) is 0.334. The second-order valence-electron chi connectivity index (χ2n) is 6.63. The van der Waals surface area contributed by atoms with Crippen molar-refractivity contribution >= 4 is 63.1 Å². The number of hydrogen-bond acceptors (Lipinski definition) is 5. The van der Waals surface area contributed by atoms with E-state index in [9.17, 15) is 9.59 Å². The number of halogens is 3. The lowest BCUT2D eigenvalue weighted by molar-refractivity contribution is 0.0691. The number of nitrogens with one attached hydrogen (secondary N) is 1. The van der Waals surface area contributed by atoms with Gasteiger partial charge in [-0.05, 0) is 37.3 Å². The van der Waals surface area contributed by atoms with Crippen LogP contribution in [0.3, 0.4) is 0 Å². The molecule has 2 aromatic heterocycles. The largest absolute Gasteiger partial charge is 0.476 e. The fourth-order valence-electron chi connectivity index (χ4n) is 3.07. The highest BCUT2D eigenvalue weighted by Crippen LogP contribution is 2.33. The summed E-state index contributed by atoms with van der Waals surface area (Å²) in [5.74, 6) is -1.71. The summed E-state index contributed by atoms with van der Waals surface area (Å²) in [7, 11) is 0. The molecule has 2 aromatic carbocycles. The van der Waals surface area contributed by atoms with Crippen LogP contribution in [0, 0.1) is 6.92 Å². The molecule has 4 aromatic rings. The number of thiazole rings is 1. The van der Waals surface area contributed by atoms with Gasteiger partial charge in [-0.15, -0.1) is 11.3 Å². The average Bonchev–Trinajstić information content (AvgIpc) is 3.34. The Labute approximate surface area is 201 Å². The highest BCUT2D eigenvalue weighted by atomic mass is 35.5. The molecule has 7 nitrogen and oxygen atoms in total. The van der Waals surface area contributed by atoms with Gasteiger partial charge in [-0.25, -0.2) is 14.5 Å². The molecule has 0 saturated heterocycles. The van der Waals surface area contributed by atoms with Gasteiger partial charge < -0.3 is 5.11 Å². The molecule has 32 heavy (non-hydrogen) atoms. The predicted molar refractivity (Wildman–Crippen MR) is 126 cm³/mol. The number of benzene rings is 2. The number of aromatic carboxylic acids is 1. The highest BCUT2D eigenvalue weighted by Gasteiger charge is 2.24. The van der Waals surface area contributed by atoms with E-state index in [1.54, 1.807) is 41.9 Å². The van der Waals surface area contributed by atoms with Gasteiger partial charge in [0.05, 0.1) is 16.4 Å². The fraction of sp³-hybridized carbons (Fsp3) is 0.0476. The Balaban J connectivity index is 1.82. The van der Waals surface area contributed by atoms with Crippen LogP contribution in [0.5, 0.6) is 0 Å². The number of carboxylic acid groups (broad SMARTS) is 1. The summed E-state index contributed by atoms with van der Waals surface area (Å²) in [6.07, 6.45) is 0. The summed E-state index contributed by atoms with van der Waals surface area (Å²) >= 11 is 19.5. The Morgan fingerprint density at radius 3 is 2.38 bits per heavy atom. The lowest BCUT2D eigenvalue weighted by Crippen LogP contribution is -2.14. The molecule has 11 heteroatoms. The van der Waals surface area contributed by atoms with Crippen molar-refractivity contribution in [1.82, 2.24) is 14.8 Å². The topological polar surface area (TPSA) is 97.1 Å². The van der Waals surface area contributed by atoms with Gasteiger partial charge in [0.15, 0.2) is 16.5 Å². The zero-order valence-corrected chi connectivity index (χ0v) is 19.4. The maximum atomic E-state index is 13.0. The van der Waals surface area contributed by atoms with Crippen LogP contribution in [-0.4, -0.2) is 31.7 Å². The minimum Gasteiger partial charge on any atom is -0.476 e. The monoisotopic (exact) mass is 506 g/mol. The molecule has 0 atom stereocenters. The Morgan fingerprint density at radius 1 is 1.06 bits per heavy atom. The number of aromatic nitrogens is 3.